The largest absolute Gasteiger partial charge is 0.341 e. The molecule has 0 N–H and O–H groups in total. The number of hydrogen-bond donors (Lipinski definition) is 0. The summed E-state index contributed by atoms with van der Waals surface area (Å²) in [5, 5.41) is 0. The molecule has 6 heteroatoms. The predicted octanol–water partition coefficient (Wildman–Crippen LogP) is 2.04. The summed E-state index contributed by atoms with van der Waals surface area (Å²) in [6.07, 6.45) is 2.65. The summed E-state index contributed by atoms with van der Waals surface area (Å²) in [5.41, 5.74) is 1.20. The van der Waals surface area contributed by atoms with Crippen LogP contribution in [0, 0.1) is 0 Å². The summed E-state index contributed by atoms with van der Waals surface area (Å²) in [6.45, 7) is 4.94. The predicted molar refractivity (Wildman–Crippen MR) is 109 cm³/mol. The Balaban J connectivity index is 1.26. The van der Waals surface area contributed by atoms with Gasteiger partial charge in [0.25, 0.3) is 0 Å². The molecule has 1 unspecified atom stereocenters. The molecule has 3 saturated heterocycles. The molecule has 0 radical (unpaired) electrons. The van der Waals surface area contributed by atoms with Crippen LogP contribution in [0.3, 0.4) is 0 Å². The van der Waals surface area contributed by atoms with Crippen molar-refractivity contribution in [1.29, 1.82) is 0 Å². The first-order valence-corrected chi connectivity index (χ1v) is 11.3. The molecule has 27 heavy (non-hydrogen) atoms. The summed E-state index contributed by atoms with van der Waals surface area (Å²) in [6, 6.07) is 10.8. The molecule has 0 aliphatic carbocycles. The first kappa shape index (κ1) is 18.8. The van der Waals surface area contributed by atoms with E-state index in [1.807, 2.05) is 34.9 Å². The number of carbonyl (C=O) groups is 2. The van der Waals surface area contributed by atoms with Gasteiger partial charge in [-0.3, -0.25) is 14.5 Å². The summed E-state index contributed by atoms with van der Waals surface area (Å²) in [4.78, 5) is 31.5. The van der Waals surface area contributed by atoms with Crippen molar-refractivity contribution >= 4 is 23.6 Å². The van der Waals surface area contributed by atoms with Crippen LogP contribution < -0.4 is 0 Å². The molecule has 3 heterocycles. The van der Waals surface area contributed by atoms with Crippen LogP contribution in [0.25, 0.3) is 0 Å². The summed E-state index contributed by atoms with van der Waals surface area (Å²) >= 11 is 2.04. The molecule has 1 atom stereocenters. The van der Waals surface area contributed by atoms with Crippen molar-refractivity contribution in [3.8, 4) is 0 Å². The van der Waals surface area contributed by atoms with Gasteiger partial charge in [0, 0.05) is 62.6 Å². The van der Waals surface area contributed by atoms with Crippen LogP contribution in [-0.2, 0) is 9.59 Å². The number of nitrogens with zero attached hydrogens (tertiary/aromatic N) is 3. The van der Waals surface area contributed by atoms with Crippen LogP contribution in [0.5, 0.6) is 0 Å². The van der Waals surface area contributed by atoms with Gasteiger partial charge >= 0.3 is 0 Å². The highest BCUT2D eigenvalue weighted by Gasteiger charge is 2.34. The topological polar surface area (TPSA) is 43.9 Å². The number of likely N-dealkylation sites (tertiary alicyclic amines) is 2. The van der Waals surface area contributed by atoms with Crippen LogP contribution >= 0.6 is 11.8 Å². The van der Waals surface area contributed by atoms with Gasteiger partial charge in [0.15, 0.2) is 0 Å². The molecule has 3 fully saturated rings. The first-order valence-electron chi connectivity index (χ1n) is 10.1. The van der Waals surface area contributed by atoms with Gasteiger partial charge in [-0.25, -0.2) is 0 Å². The van der Waals surface area contributed by atoms with Gasteiger partial charge in [0.1, 0.15) is 0 Å². The molecule has 2 amide bonds. The zero-order chi connectivity index (χ0) is 18.6. The number of piperidine rings is 1. The number of carbonyl (C=O) groups excluding carboxylic acids is 2. The Hall–Kier alpha value is -1.53. The molecular formula is C21H29N3O2S. The number of benzene rings is 1. The SMILES string of the molecule is O=C(CN1CC(c2ccccc2)CC1=O)N1CCC(N2CCSCC2)CC1. The minimum atomic E-state index is 0.109. The second-order valence-corrected chi connectivity index (χ2v) is 9.07. The van der Waals surface area contributed by atoms with Crippen LogP contribution in [0.2, 0.25) is 0 Å². The Labute approximate surface area is 166 Å². The van der Waals surface area contributed by atoms with E-state index in [9.17, 15) is 9.59 Å². The number of rotatable bonds is 4. The quantitative estimate of drug-likeness (QED) is 0.793. The molecule has 1 aromatic carbocycles. The van der Waals surface area contributed by atoms with Crippen LogP contribution in [0.1, 0.15) is 30.7 Å². The third-order valence-corrected chi connectivity index (χ3v) is 7.13. The van der Waals surface area contributed by atoms with E-state index in [0.717, 1.165) is 25.9 Å². The third kappa shape index (κ3) is 4.49. The Bertz CT molecular complexity index is 655. The second kappa shape index (κ2) is 8.65. The van der Waals surface area contributed by atoms with Gasteiger partial charge in [0.05, 0.1) is 6.54 Å². The van der Waals surface area contributed by atoms with Gasteiger partial charge < -0.3 is 9.80 Å². The molecule has 3 aliphatic rings. The molecule has 5 nitrogen and oxygen atoms in total. The fourth-order valence-corrected chi connectivity index (χ4v) is 5.49. The lowest BCUT2D eigenvalue weighted by atomic mass is 9.99. The molecule has 0 spiro atoms. The number of thioether (sulfide) groups is 1. The molecule has 0 aromatic heterocycles. The maximum atomic E-state index is 12.7. The molecular weight excluding hydrogens is 358 g/mol. The van der Waals surface area contributed by atoms with Crippen LogP contribution in [-0.4, -0.2) is 83.3 Å². The van der Waals surface area contributed by atoms with E-state index in [-0.39, 0.29) is 24.3 Å². The normalized spacial score (nSPS) is 25.2. The van der Waals surface area contributed by atoms with Crippen LogP contribution in [0.15, 0.2) is 30.3 Å². The van der Waals surface area contributed by atoms with Gasteiger partial charge in [-0.05, 0) is 18.4 Å². The van der Waals surface area contributed by atoms with E-state index in [2.05, 4.69) is 17.0 Å². The zero-order valence-corrected chi connectivity index (χ0v) is 16.7. The zero-order valence-electron chi connectivity index (χ0n) is 15.9. The molecule has 1 aromatic rings. The highest BCUT2D eigenvalue weighted by molar-refractivity contribution is 7.99. The van der Waals surface area contributed by atoms with E-state index in [1.165, 1.54) is 30.2 Å². The highest BCUT2D eigenvalue weighted by atomic mass is 32.2. The fraction of sp³-hybridized carbons (Fsp3) is 0.619. The van der Waals surface area contributed by atoms with Crippen molar-refractivity contribution in [2.45, 2.75) is 31.2 Å². The van der Waals surface area contributed by atoms with E-state index in [0.29, 0.717) is 19.0 Å². The maximum Gasteiger partial charge on any atom is 0.242 e. The number of hydrogen-bond acceptors (Lipinski definition) is 4. The van der Waals surface area contributed by atoms with Crippen molar-refractivity contribution in [3.63, 3.8) is 0 Å². The minimum absolute atomic E-state index is 0.109. The Morgan fingerprint density at radius 3 is 2.44 bits per heavy atom. The second-order valence-electron chi connectivity index (χ2n) is 7.85. The lowest BCUT2D eigenvalue weighted by molar-refractivity contribution is -0.139. The molecule has 0 bridgehead atoms. The lowest BCUT2D eigenvalue weighted by Crippen LogP contribution is -2.50. The lowest BCUT2D eigenvalue weighted by Gasteiger charge is -2.40. The van der Waals surface area contributed by atoms with Crippen molar-refractivity contribution in [2.75, 3.05) is 50.8 Å². The number of amides is 2. The minimum Gasteiger partial charge on any atom is -0.341 e. The monoisotopic (exact) mass is 387 g/mol. The van der Waals surface area contributed by atoms with Crippen molar-refractivity contribution < 1.29 is 9.59 Å². The molecule has 0 saturated carbocycles. The van der Waals surface area contributed by atoms with E-state index < -0.39 is 0 Å². The van der Waals surface area contributed by atoms with E-state index in [1.54, 1.807) is 4.90 Å². The maximum absolute atomic E-state index is 12.7. The summed E-state index contributed by atoms with van der Waals surface area (Å²) in [5.74, 6) is 2.91. The standard InChI is InChI=1S/C21H29N3O2S/c25-20-14-18(17-4-2-1-3-5-17)15-24(20)16-21(26)23-8-6-19(7-9-23)22-10-12-27-13-11-22/h1-5,18-19H,6-16H2. The Morgan fingerprint density at radius 1 is 1.04 bits per heavy atom. The van der Waals surface area contributed by atoms with Gasteiger partial charge in [0.2, 0.25) is 11.8 Å². The Morgan fingerprint density at radius 2 is 1.74 bits per heavy atom. The molecule has 3 aliphatic heterocycles. The average molecular weight is 388 g/mol. The summed E-state index contributed by atoms with van der Waals surface area (Å²) in [7, 11) is 0. The van der Waals surface area contributed by atoms with Gasteiger partial charge in [-0.1, -0.05) is 30.3 Å². The third-order valence-electron chi connectivity index (χ3n) is 6.19. The van der Waals surface area contributed by atoms with Gasteiger partial charge in [-0.15, -0.1) is 0 Å². The fourth-order valence-electron chi connectivity index (χ4n) is 4.56. The van der Waals surface area contributed by atoms with Crippen molar-refractivity contribution in [1.82, 2.24) is 14.7 Å². The average Bonchev–Trinajstić information content (AvgIpc) is 3.10. The van der Waals surface area contributed by atoms with E-state index in [4.69, 9.17) is 0 Å². The molecule has 4 rings (SSSR count). The highest BCUT2D eigenvalue weighted by Crippen LogP contribution is 2.28. The smallest absolute Gasteiger partial charge is 0.242 e. The first-order chi connectivity index (χ1) is 13.2. The molecule has 146 valence electrons. The van der Waals surface area contributed by atoms with Crippen molar-refractivity contribution in [3.05, 3.63) is 35.9 Å². The van der Waals surface area contributed by atoms with Crippen molar-refractivity contribution in [2.24, 2.45) is 0 Å². The summed E-state index contributed by atoms with van der Waals surface area (Å²) < 4.78 is 0. The Kier molecular flexibility index (Phi) is 6.03. The van der Waals surface area contributed by atoms with Crippen LogP contribution in [0.4, 0.5) is 0 Å². The van der Waals surface area contributed by atoms with Gasteiger partial charge in [-0.2, -0.15) is 11.8 Å². The van der Waals surface area contributed by atoms with E-state index >= 15 is 0 Å².